The van der Waals surface area contributed by atoms with Crippen molar-refractivity contribution >= 4 is 27.3 Å². The van der Waals surface area contributed by atoms with Gasteiger partial charge < -0.3 is 10.1 Å². The molecule has 0 saturated carbocycles. The maximum absolute atomic E-state index is 5.18. The van der Waals surface area contributed by atoms with Crippen LogP contribution in [0.3, 0.4) is 0 Å². The second kappa shape index (κ2) is 6.55. The molecule has 0 radical (unpaired) electrons. The summed E-state index contributed by atoms with van der Waals surface area (Å²) in [5, 5.41) is 5.73. The smallest absolute Gasteiger partial charge is 0.118 e. The Bertz CT molecular complexity index is 523. The molecule has 2 atom stereocenters. The Morgan fingerprint density at radius 2 is 1.84 bits per heavy atom. The number of thiophene rings is 1. The SMILES string of the molecule is COc1ccc(C(C)NC(C)c2cc(Br)cs2)cc1. The normalized spacial score (nSPS) is 14.1. The largest absolute Gasteiger partial charge is 0.497 e. The van der Waals surface area contributed by atoms with E-state index >= 15 is 0 Å². The van der Waals surface area contributed by atoms with E-state index in [0.717, 1.165) is 10.2 Å². The molecule has 102 valence electrons. The Kier molecular flexibility index (Phi) is 5.02. The van der Waals surface area contributed by atoms with Gasteiger partial charge in [-0.05, 0) is 53.5 Å². The first-order valence-electron chi connectivity index (χ1n) is 6.24. The third-order valence-corrected chi connectivity index (χ3v) is 5.01. The van der Waals surface area contributed by atoms with Gasteiger partial charge in [0.1, 0.15) is 5.75 Å². The number of halogens is 1. The van der Waals surface area contributed by atoms with Gasteiger partial charge in [-0.1, -0.05) is 12.1 Å². The Balaban J connectivity index is 2.01. The van der Waals surface area contributed by atoms with E-state index in [2.05, 4.69) is 58.7 Å². The fourth-order valence-corrected chi connectivity index (χ4v) is 3.46. The molecule has 0 bridgehead atoms. The third kappa shape index (κ3) is 3.81. The van der Waals surface area contributed by atoms with E-state index in [1.807, 2.05) is 12.1 Å². The minimum Gasteiger partial charge on any atom is -0.497 e. The van der Waals surface area contributed by atoms with Crippen LogP contribution in [0.1, 0.15) is 36.4 Å². The van der Waals surface area contributed by atoms with Gasteiger partial charge in [0.15, 0.2) is 0 Å². The van der Waals surface area contributed by atoms with Crippen LogP contribution in [0.4, 0.5) is 0 Å². The lowest BCUT2D eigenvalue weighted by Crippen LogP contribution is -2.21. The fourth-order valence-electron chi connectivity index (χ4n) is 2.00. The highest BCUT2D eigenvalue weighted by molar-refractivity contribution is 9.10. The van der Waals surface area contributed by atoms with E-state index in [4.69, 9.17) is 4.74 Å². The molecular weight excluding hydrogens is 322 g/mol. The molecule has 1 aromatic heterocycles. The zero-order chi connectivity index (χ0) is 13.8. The van der Waals surface area contributed by atoms with Crippen LogP contribution in [0.15, 0.2) is 40.2 Å². The van der Waals surface area contributed by atoms with Crippen LogP contribution >= 0.6 is 27.3 Å². The minimum absolute atomic E-state index is 0.307. The van der Waals surface area contributed by atoms with Crippen LogP contribution in [0.2, 0.25) is 0 Å². The first-order valence-corrected chi connectivity index (χ1v) is 7.91. The molecule has 2 unspecified atom stereocenters. The molecule has 1 N–H and O–H groups in total. The summed E-state index contributed by atoms with van der Waals surface area (Å²) in [4.78, 5) is 1.34. The van der Waals surface area contributed by atoms with Crippen LogP contribution in [0.5, 0.6) is 5.75 Å². The summed E-state index contributed by atoms with van der Waals surface area (Å²) in [7, 11) is 1.69. The number of rotatable bonds is 5. The number of hydrogen-bond acceptors (Lipinski definition) is 3. The molecule has 0 fully saturated rings. The van der Waals surface area contributed by atoms with Crippen LogP contribution < -0.4 is 10.1 Å². The molecule has 0 aliphatic carbocycles. The van der Waals surface area contributed by atoms with Gasteiger partial charge in [0, 0.05) is 26.8 Å². The van der Waals surface area contributed by atoms with Crippen molar-refractivity contribution in [2.75, 3.05) is 7.11 Å². The number of nitrogens with one attached hydrogen (secondary N) is 1. The minimum atomic E-state index is 0.307. The summed E-state index contributed by atoms with van der Waals surface area (Å²) in [5.41, 5.74) is 1.27. The van der Waals surface area contributed by atoms with Crippen molar-refractivity contribution in [3.05, 3.63) is 50.6 Å². The summed E-state index contributed by atoms with van der Waals surface area (Å²) in [6, 6.07) is 11.0. The average Bonchev–Trinajstić information content (AvgIpc) is 2.85. The molecule has 2 rings (SSSR count). The van der Waals surface area contributed by atoms with Crippen molar-refractivity contribution in [3.8, 4) is 5.75 Å². The molecule has 2 aromatic rings. The highest BCUT2D eigenvalue weighted by Crippen LogP contribution is 2.27. The highest BCUT2D eigenvalue weighted by Gasteiger charge is 2.12. The summed E-state index contributed by atoms with van der Waals surface area (Å²) < 4.78 is 6.33. The second-order valence-electron chi connectivity index (χ2n) is 4.55. The van der Waals surface area contributed by atoms with E-state index in [-0.39, 0.29) is 0 Å². The zero-order valence-corrected chi connectivity index (χ0v) is 13.7. The van der Waals surface area contributed by atoms with E-state index in [1.54, 1.807) is 18.4 Å². The first-order chi connectivity index (χ1) is 9.10. The number of ether oxygens (including phenoxy) is 1. The van der Waals surface area contributed by atoms with Crippen molar-refractivity contribution in [2.45, 2.75) is 25.9 Å². The number of benzene rings is 1. The molecule has 19 heavy (non-hydrogen) atoms. The molecule has 0 aliphatic rings. The fraction of sp³-hybridized carbons (Fsp3) is 0.333. The Labute approximate surface area is 126 Å². The molecule has 0 saturated heterocycles. The average molecular weight is 340 g/mol. The Morgan fingerprint density at radius 1 is 1.16 bits per heavy atom. The van der Waals surface area contributed by atoms with Crippen LogP contribution in [-0.2, 0) is 0 Å². The first kappa shape index (κ1) is 14.6. The maximum Gasteiger partial charge on any atom is 0.118 e. The van der Waals surface area contributed by atoms with Crippen molar-refractivity contribution in [2.24, 2.45) is 0 Å². The standard InChI is InChI=1S/C15H18BrNOS/c1-10(12-4-6-14(18-3)7-5-12)17-11(2)15-8-13(16)9-19-15/h4-11,17H,1-3H3. The summed E-state index contributed by atoms with van der Waals surface area (Å²) in [6.07, 6.45) is 0. The maximum atomic E-state index is 5.18. The van der Waals surface area contributed by atoms with Gasteiger partial charge in [0.25, 0.3) is 0 Å². The molecule has 0 aliphatic heterocycles. The van der Waals surface area contributed by atoms with Gasteiger partial charge in [-0.15, -0.1) is 11.3 Å². The van der Waals surface area contributed by atoms with Crippen molar-refractivity contribution < 1.29 is 4.74 Å². The van der Waals surface area contributed by atoms with Gasteiger partial charge in [0.2, 0.25) is 0 Å². The molecule has 0 spiro atoms. The lowest BCUT2D eigenvalue weighted by molar-refractivity contribution is 0.414. The Morgan fingerprint density at radius 3 is 2.37 bits per heavy atom. The van der Waals surface area contributed by atoms with E-state index in [0.29, 0.717) is 12.1 Å². The van der Waals surface area contributed by atoms with E-state index < -0.39 is 0 Å². The van der Waals surface area contributed by atoms with Crippen LogP contribution in [0, 0.1) is 0 Å². The molecule has 4 heteroatoms. The summed E-state index contributed by atoms with van der Waals surface area (Å²) in [5.74, 6) is 0.895. The van der Waals surface area contributed by atoms with Gasteiger partial charge in [-0.2, -0.15) is 0 Å². The lowest BCUT2D eigenvalue weighted by Gasteiger charge is -2.19. The molecule has 0 amide bonds. The lowest BCUT2D eigenvalue weighted by atomic mass is 10.1. The topological polar surface area (TPSA) is 21.3 Å². The molecular formula is C15H18BrNOS. The second-order valence-corrected chi connectivity index (χ2v) is 6.41. The van der Waals surface area contributed by atoms with Gasteiger partial charge in [0.05, 0.1) is 7.11 Å². The monoisotopic (exact) mass is 339 g/mol. The third-order valence-electron chi connectivity index (χ3n) is 3.13. The summed E-state index contributed by atoms with van der Waals surface area (Å²) in [6.45, 7) is 4.37. The van der Waals surface area contributed by atoms with Crippen LogP contribution in [0.25, 0.3) is 0 Å². The zero-order valence-electron chi connectivity index (χ0n) is 11.3. The number of methoxy groups -OCH3 is 1. The quantitative estimate of drug-likeness (QED) is 0.833. The predicted octanol–water partition coefficient (Wildman–Crippen LogP) is 4.93. The van der Waals surface area contributed by atoms with Crippen LogP contribution in [-0.4, -0.2) is 7.11 Å². The van der Waals surface area contributed by atoms with Crippen molar-refractivity contribution in [3.63, 3.8) is 0 Å². The Hall–Kier alpha value is -0.840. The van der Waals surface area contributed by atoms with Gasteiger partial charge in [-0.3, -0.25) is 0 Å². The molecule has 2 nitrogen and oxygen atoms in total. The number of hydrogen-bond donors (Lipinski definition) is 1. The molecule has 1 heterocycles. The van der Waals surface area contributed by atoms with Gasteiger partial charge >= 0.3 is 0 Å². The highest BCUT2D eigenvalue weighted by atomic mass is 79.9. The predicted molar refractivity (Wildman–Crippen MR) is 85.0 cm³/mol. The summed E-state index contributed by atoms with van der Waals surface area (Å²) >= 11 is 5.27. The van der Waals surface area contributed by atoms with E-state index in [1.165, 1.54) is 10.4 Å². The van der Waals surface area contributed by atoms with E-state index in [9.17, 15) is 0 Å². The van der Waals surface area contributed by atoms with Gasteiger partial charge in [-0.25, -0.2) is 0 Å². The van der Waals surface area contributed by atoms with Crippen molar-refractivity contribution in [1.82, 2.24) is 5.32 Å². The van der Waals surface area contributed by atoms with Crippen molar-refractivity contribution in [1.29, 1.82) is 0 Å². The molecule has 1 aromatic carbocycles.